The largest absolute Gasteiger partial charge is 0.481 e. The van der Waals surface area contributed by atoms with E-state index in [1.54, 1.807) is 0 Å². The van der Waals surface area contributed by atoms with E-state index in [4.69, 9.17) is 4.74 Å². The average molecular weight is 318 g/mol. The Kier molecular flexibility index (Phi) is 6.90. The first-order valence-electron chi connectivity index (χ1n) is 8.81. The van der Waals surface area contributed by atoms with Gasteiger partial charge in [-0.25, -0.2) is 0 Å². The first-order chi connectivity index (χ1) is 11.1. The summed E-state index contributed by atoms with van der Waals surface area (Å²) in [5, 5.41) is 2.98. The van der Waals surface area contributed by atoms with Crippen LogP contribution in [0.25, 0.3) is 0 Å². The highest BCUT2D eigenvalue weighted by atomic mass is 16.5. The van der Waals surface area contributed by atoms with Crippen LogP contribution in [0.4, 0.5) is 0 Å². The molecular formula is C19H30N2O2. The maximum atomic E-state index is 12.3. The SMILES string of the molecule is CC[C@H](Oc1ccc2c(c1)CCCC2)C(=O)NCCCN(C)C. The Hall–Kier alpha value is -1.55. The van der Waals surface area contributed by atoms with Gasteiger partial charge in [0, 0.05) is 6.54 Å². The van der Waals surface area contributed by atoms with E-state index in [2.05, 4.69) is 22.3 Å². The molecule has 0 aromatic heterocycles. The second kappa shape index (κ2) is 8.92. The first kappa shape index (κ1) is 17.8. The molecule has 0 heterocycles. The van der Waals surface area contributed by atoms with E-state index in [0.717, 1.165) is 25.1 Å². The zero-order valence-corrected chi connectivity index (χ0v) is 14.7. The molecule has 1 amide bonds. The Morgan fingerprint density at radius 1 is 1.26 bits per heavy atom. The van der Waals surface area contributed by atoms with Gasteiger partial charge in [-0.15, -0.1) is 0 Å². The van der Waals surface area contributed by atoms with E-state index in [1.807, 2.05) is 27.1 Å². The van der Waals surface area contributed by atoms with Crippen LogP contribution >= 0.6 is 0 Å². The van der Waals surface area contributed by atoms with Crippen molar-refractivity contribution in [3.05, 3.63) is 29.3 Å². The lowest BCUT2D eigenvalue weighted by molar-refractivity contribution is -0.128. The molecule has 0 unspecified atom stereocenters. The fourth-order valence-electron chi connectivity index (χ4n) is 2.99. The maximum Gasteiger partial charge on any atom is 0.261 e. The summed E-state index contributed by atoms with van der Waals surface area (Å²) in [5.41, 5.74) is 2.82. The second-order valence-electron chi connectivity index (χ2n) is 6.60. The molecule has 2 rings (SSSR count). The van der Waals surface area contributed by atoms with Gasteiger partial charge in [0.25, 0.3) is 5.91 Å². The summed E-state index contributed by atoms with van der Waals surface area (Å²) in [6.07, 6.45) is 6.04. The van der Waals surface area contributed by atoms with Crippen molar-refractivity contribution >= 4 is 5.91 Å². The van der Waals surface area contributed by atoms with Crippen molar-refractivity contribution in [1.29, 1.82) is 0 Å². The molecule has 0 spiro atoms. The number of hydrogen-bond acceptors (Lipinski definition) is 3. The van der Waals surface area contributed by atoms with Crippen molar-refractivity contribution in [3.63, 3.8) is 0 Å². The zero-order chi connectivity index (χ0) is 16.7. The molecule has 4 heteroatoms. The van der Waals surface area contributed by atoms with Crippen LogP contribution in [0, 0.1) is 0 Å². The minimum Gasteiger partial charge on any atom is -0.481 e. The molecule has 1 aromatic rings. The van der Waals surface area contributed by atoms with Crippen LogP contribution in [0.1, 0.15) is 43.7 Å². The molecule has 0 fully saturated rings. The number of nitrogens with zero attached hydrogens (tertiary/aromatic N) is 1. The Morgan fingerprint density at radius 3 is 2.70 bits per heavy atom. The van der Waals surface area contributed by atoms with Crippen molar-refractivity contribution in [2.24, 2.45) is 0 Å². The summed E-state index contributed by atoms with van der Waals surface area (Å²) in [7, 11) is 4.08. The van der Waals surface area contributed by atoms with Crippen molar-refractivity contribution in [1.82, 2.24) is 10.2 Å². The molecule has 23 heavy (non-hydrogen) atoms. The van der Waals surface area contributed by atoms with Gasteiger partial charge in [0.15, 0.2) is 6.10 Å². The lowest BCUT2D eigenvalue weighted by atomic mass is 9.92. The fourth-order valence-corrected chi connectivity index (χ4v) is 2.99. The Morgan fingerprint density at radius 2 is 2.00 bits per heavy atom. The van der Waals surface area contributed by atoms with E-state index >= 15 is 0 Å². The van der Waals surface area contributed by atoms with E-state index in [1.165, 1.54) is 30.4 Å². The van der Waals surface area contributed by atoms with Crippen LogP contribution in [0.15, 0.2) is 18.2 Å². The molecule has 1 aromatic carbocycles. The predicted molar refractivity (Wildman–Crippen MR) is 94.0 cm³/mol. The number of aryl methyl sites for hydroxylation is 2. The van der Waals surface area contributed by atoms with Gasteiger partial charge in [0.05, 0.1) is 0 Å². The molecule has 0 aliphatic heterocycles. The molecule has 1 N–H and O–H groups in total. The molecule has 0 saturated heterocycles. The third kappa shape index (κ3) is 5.54. The third-order valence-electron chi connectivity index (χ3n) is 4.34. The van der Waals surface area contributed by atoms with Crippen LogP contribution in [0.2, 0.25) is 0 Å². The summed E-state index contributed by atoms with van der Waals surface area (Å²) >= 11 is 0. The van der Waals surface area contributed by atoms with Crippen LogP contribution in [0.5, 0.6) is 5.75 Å². The van der Waals surface area contributed by atoms with Gasteiger partial charge in [-0.2, -0.15) is 0 Å². The predicted octanol–water partition coefficient (Wildman–Crippen LogP) is 2.79. The first-order valence-corrected chi connectivity index (χ1v) is 8.81. The van der Waals surface area contributed by atoms with Crippen LogP contribution in [-0.2, 0) is 17.6 Å². The van der Waals surface area contributed by atoms with Crippen LogP contribution in [0.3, 0.4) is 0 Å². The zero-order valence-electron chi connectivity index (χ0n) is 14.7. The number of hydrogen-bond donors (Lipinski definition) is 1. The number of carbonyl (C=O) groups is 1. The lowest BCUT2D eigenvalue weighted by Crippen LogP contribution is -2.39. The highest BCUT2D eigenvalue weighted by Crippen LogP contribution is 2.26. The van der Waals surface area contributed by atoms with Crippen molar-refractivity contribution in [2.75, 3.05) is 27.2 Å². The summed E-state index contributed by atoms with van der Waals surface area (Å²) < 4.78 is 5.95. The minimum absolute atomic E-state index is 0.0102. The van der Waals surface area contributed by atoms with Gasteiger partial charge in [-0.05, 0) is 82.4 Å². The Bertz CT molecular complexity index is 514. The average Bonchev–Trinajstić information content (AvgIpc) is 2.56. The summed E-state index contributed by atoms with van der Waals surface area (Å²) in [4.78, 5) is 14.4. The monoisotopic (exact) mass is 318 g/mol. The number of fused-ring (bicyclic) bond motifs is 1. The molecule has 1 aliphatic carbocycles. The minimum atomic E-state index is -0.406. The van der Waals surface area contributed by atoms with Crippen molar-refractivity contribution in [3.8, 4) is 5.75 Å². The molecule has 0 bridgehead atoms. The molecule has 128 valence electrons. The molecule has 1 atom stereocenters. The van der Waals surface area contributed by atoms with Gasteiger partial charge in [0.2, 0.25) is 0 Å². The number of ether oxygens (including phenoxy) is 1. The lowest BCUT2D eigenvalue weighted by Gasteiger charge is -2.20. The van der Waals surface area contributed by atoms with Gasteiger partial charge in [-0.3, -0.25) is 4.79 Å². The fraction of sp³-hybridized carbons (Fsp3) is 0.632. The highest BCUT2D eigenvalue weighted by Gasteiger charge is 2.19. The van der Waals surface area contributed by atoms with Crippen LogP contribution in [-0.4, -0.2) is 44.1 Å². The summed E-state index contributed by atoms with van der Waals surface area (Å²) in [6.45, 7) is 3.66. The van der Waals surface area contributed by atoms with Crippen molar-refractivity contribution in [2.45, 2.75) is 51.6 Å². The summed E-state index contributed by atoms with van der Waals surface area (Å²) in [6, 6.07) is 6.29. The molecule has 0 radical (unpaired) electrons. The third-order valence-corrected chi connectivity index (χ3v) is 4.34. The normalized spacial score (nSPS) is 15.1. The number of carbonyl (C=O) groups excluding carboxylic acids is 1. The van der Waals surface area contributed by atoms with E-state index in [0.29, 0.717) is 13.0 Å². The van der Waals surface area contributed by atoms with Gasteiger partial charge in [0.1, 0.15) is 5.75 Å². The van der Waals surface area contributed by atoms with E-state index < -0.39 is 6.10 Å². The molecule has 4 nitrogen and oxygen atoms in total. The van der Waals surface area contributed by atoms with Crippen molar-refractivity contribution < 1.29 is 9.53 Å². The highest BCUT2D eigenvalue weighted by molar-refractivity contribution is 5.81. The Labute approximate surface area is 140 Å². The second-order valence-corrected chi connectivity index (χ2v) is 6.60. The van der Waals surface area contributed by atoms with Gasteiger partial charge in [-0.1, -0.05) is 13.0 Å². The van der Waals surface area contributed by atoms with Gasteiger partial charge >= 0.3 is 0 Å². The standard InChI is InChI=1S/C19H30N2O2/c1-4-18(19(22)20-12-7-13-21(2)3)23-17-11-10-15-8-5-6-9-16(15)14-17/h10-11,14,18H,4-9,12-13H2,1-3H3,(H,20,22)/t18-/m0/s1. The van der Waals surface area contributed by atoms with E-state index in [-0.39, 0.29) is 5.91 Å². The number of benzene rings is 1. The number of amides is 1. The van der Waals surface area contributed by atoms with Crippen LogP contribution < -0.4 is 10.1 Å². The molecule has 0 saturated carbocycles. The molecular weight excluding hydrogens is 288 g/mol. The number of nitrogens with one attached hydrogen (secondary N) is 1. The Balaban J connectivity index is 1.87. The van der Waals surface area contributed by atoms with Gasteiger partial charge < -0.3 is 15.0 Å². The smallest absolute Gasteiger partial charge is 0.261 e. The topological polar surface area (TPSA) is 41.6 Å². The quantitative estimate of drug-likeness (QED) is 0.750. The van der Waals surface area contributed by atoms with E-state index in [9.17, 15) is 4.79 Å². The number of rotatable bonds is 8. The molecule has 1 aliphatic rings. The summed E-state index contributed by atoms with van der Waals surface area (Å²) in [5.74, 6) is 0.810. The maximum absolute atomic E-state index is 12.3.